The van der Waals surface area contributed by atoms with E-state index in [1.54, 1.807) is 20.8 Å². The van der Waals surface area contributed by atoms with Crippen molar-refractivity contribution in [3.63, 3.8) is 0 Å². The number of anilines is 1. The number of likely N-dealkylation sites (tertiary alicyclic amines) is 1. The number of ether oxygens (including phenoxy) is 2. The van der Waals surface area contributed by atoms with Crippen molar-refractivity contribution in [3.05, 3.63) is 47.8 Å². The predicted molar refractivity (Wildman–Crippen MR) is 170 cm³/mol. The Morgan fingerprint density at radius 2 is 1.78 bits per heavy atom. The third-order valence-electron chi connectivity index (χ3n) is 7.52. The van der Waals surface area contributed by atoms with Crippen molar-refractivity contribution in [2.75, 3.05) is 38.3 Å². The molecule has 0 saturated carbocycles. The van der Waals surface area contributed by atoms with Gasteiger partial charge in [-0.2, -0.15) is 26.3 Å². The highest BCUT2D eigenvalue weighted by molar-refractivity contribution is 7.90. The maximum absolute atomic E-state index is 14.2. The number of benzene rings is 2. The Morgan fingerprint density at radius 3 is 2.38 bits per heavy atom. The van der Waals surface area contributed by atoms with Crippen molar-refractivity contribution >= 4 is 38.6 Å². The number of nitrogens with one attached hydrogen (secondary N) is 2. The number of piperidine rings is 1. The number of rotatable bonds is 7. The van der Waals surface area contributed by atoms with Gasteiger partial charge in [0.15, 0.2) is 9.84 Å². The fourth-order valence-electron chi connectivity index (χ4n) is 5.26. The van der Waals surface area contributed by atoms with Crippen LogP contribution in [0.1, 0.15) is 43.1 Å². The quantitative estimate of drug-likeness (QED) is 0.244. The summed E-state index contributed by atoms with van der Waals surface area (Å²) in [5, 5.41) is 5.31. The highest BCUT2D eigenvalue weighted by Gasteiger charge is 2.49. The summed E-state index contributed by atoms with van der Waals surface area (Å²) in [6, 6.07) is 5.16. The van der Waals surface area contributed by atoms with Crippen molar-refractivity contribution in [3.8, 4) is 17.6 Å². The summed E-state index contributed by atoms with van der Waals surface area (Å²) >= 11 is 0. The van der Waals surface area contributed by atoms with E-state index in [1.807, 2.05) is 0 Å². The number of nitrogens with zero attached hydrogens (tertiary/aromatic N) is 3. The molecule has 1 aliphatic heterocycles. The van der Waals surface area contributed by atoms with Crippen molar-refractivity contribution in [1.82, 2.24) is 19.8 Å². The van der Waals surface area contributed by atoms with E-state index in [0.717, 1.165) is 22.1 Å². The average molecular weight is 732 g/mol. The summed E-state index contributed by atoms with van der Waals surface area (Å²) in [5.74, 6) is 2.53. The summed E-state index contributed by atoms with van der Waals surface area (Å²) in [6.45, 7) is 2.28. The highest BCUT2D eigenvalue weighted by Crippen LogP contribution is 2.35. The fraction of sp³-hybridized carbons (Fsp3) is 0.469. The van der Waals surface area contributed by atoms with Crippen LogP contribution < -0.4 is 15.4 Å². The number of fused-ring (bicyclic) bond motifs is 1. The number of hydrogen-bond donors (Lipinski definition) is 2. The Hall–Kier alpha value is -4.66. The molecule has 11 nitrogen and oxygen atoms in total. The molecule has 0 radical (unpaired) electrons. The van der Waals surface area contributed by atoms with Crippen LogP contribution in [0.5, 0.6) is 5.75 Å². The number of aromatic nitrogens is 2. The number of carbonyl (C=O) groups excluding carboxylic acids is 2. The first-order valence-corrected chi connectivity index (χ1v) is 17.0. The van der Waals surface area contributed by atoms with Gasteiger partial charge >= 0.3 is 18.4 Å². The molecule has 0 spiro atoms. The molecule has 0 bridgehead atoms. The molecule has 272 valence electrons. The molecule has 1 aliphatic rings. The van der Waals surface area contributed by atoms with E-state index in [9.17, 15) is 44.3 Å². The molecule has 1 fully saturated rings. The molecule has 2 N–H and O–H groups in total. The second-order valence-corrected chi connectivity index (χ2v) is 14.6. The molecule has 18 heteroatoms. The summed E-state index contributed by atoms with van der Waals surface area (Å²) in [5.41, 5.74) is -1.09. The van der Waals surface area contributed by atoms with Gasteiger partial charge in [0, 0.05) is 37.0 Å². The zero-order valence-electron chi connectivity index (χ0n) is 27.6. The molecule has 0 aliphatic carbocycles. The molecule has 1 aromatic heterocycles. The topological polar surface area (TPSA) is 132 Å². The first-order chi connectivity index (χ1) is 23.1. The van der Waals surface area contributed by atoms with E-state index in [1.165, 1.54) is 37.4 Å². The number of alkyl halides is 6. The normalized spacial score (nSPS) is 17.1. The third kappa shape index (κ3) is 9.73. The van der Waals surface area contributed by atoms with Crippen molar-refractivity contribution in [2.24, 2.45) is 5.92 Å². The van der Waals surface area contributed by atoms with Gasteiger partial charge in [0.1, 0.15) is 23.4 Å². The molecule has 50 heavy (non-hydrogen) atoms. The van der Waals surface area contributed by atoms with Crippen molar-refractivity contribution in [1.29, 1.82) is 0 Å². The predicted octanol–water partition coefficient (Wildman–Crippen LogP) is 5.39. The fourth-order valence-corrected chi connectivity index (χ4v) is 5.89. The molecule has 2 heterocycles. The summed E-state index contributed by atoms with van der Waals surface area (Å²) < 4.78 is 118. The number of halogens is 6. The zero-order chi connectivity index (χ0) is 37.2. The smallest absolute Gasteiger partial charge is 0.410 e. The third-order valence-corrected chi connectivity index (χ3v) is 8.63. The van der Waals surface area contributed by atoms with Gasteiger partial charge in [-0.3, -0.25) is 4.79 Å². The van der Waals surface area contributed by atoms with Gasteiger partial charge in [-0.15, -0.1) is 0 Å². The van der Waals surface area contributed by atoms with E-state index in [4.69, 9.17) is 9.47 Å². The maximum atomic E-state index is 14.2. The molecule has 2 unspecified atom stereocenters. The Balaban J connectivity index is 1.62. The van der Waals surface area contributed by atoms with Crippen LogP contribution in [-0.2, 0) is 21.1 Å². The van der Waals surface area contributed by atoms with E-state index in [0.29, 0.717) is 5.69 Å². The lowest BCUT2D eigenvalue weighted by Gasteiger charge is -2.39. The second-order valence-electron chi connectivity index (χ2n) is 12.6. The molecular weight excluding hydrogens is 696 g/mol. The Labute approximate surface area is 284 Å². The number of hydrogen-bond acceptors (Lipinski definition) is 8. The Morgan fingerprint density at radius 1 is 1.08 bits per heavy atom. The summed E-state index contributed by atoms with van der Waals surface area (Å²) in [7, 11) is -2.17. The number of carbonyl (C=O) groups is 2. The number of imidazole rings is 1. The van der Waals surface area contributed by atoms with Gasteiger partial charge in [0.05, 0.1) is 47.6 Å². The standard InChI is InChI=1S/C32H35F6N5O6S/c1-30(2,3)49-29(45)42-12-10-23(22(16-42)32(36,37)38)41-28(44)21-13-19(14-25-27(21)40-18-43(25)17-31(33,34)35)7-6-11-39-24-9-8-20(50(5,46)47)15-26(24)48-4/h8-9,13-15,18,22-23,39H,10-12,16-17H2,1-5H3,(H,41,44). The van der Waals surface area contributed by atoms with E-state index in [-0.39, 0.29) is 52.3 Å². The van der Waals surface area contributed by atoms with Crippen molar-refractivity contribution in [2.45, 2.75) is 62.6 Å². The van der Waals surface area contributed by atoms with Gasteiger partial charge in [-0.05, 0) is 51.5 Å². The molecule has 2 atom stereocenters. The Bertz CT molecular complexity index is 1930. The van der Waals surface area contributed by atoms with Crippen LogP contribution in [0.25, 0.3) is 11.0 Å². The number of sulfone groups is 1. The Kier molecular flexibility index (Phi) is 10.9. The number of methoxy groups -OCH3 is 1. The van der Waals surface area contributed by atoms with E-state index in [2.05, 4.69) is 27.5 Å². The average Bonchev–Trinajstić information content (AvgIpc) is 3.38. The van der Waals surface area contributed by atoms with Gasteiger partial charge < -0.3 is 29.6 Å². The van der Waals surface area contributed by atoms with Gasteiger partial charge in [0.2, 0.25) is 0 Å². The molecule has 1 saturated heterocycles. The molecular formula is C32H35F6N5O6S. The maximum Gasteiger partial charge on any atom is 0.410 e. The van der Waals surface area contributed by atoms with Crippen LogP contribution in [0.3, 0.4) is 0 Å². The first kappa shape index (κ1) is 38.1. The summed E-state index contributed by atoms with van der Waals surface area (Å²) in [6.07, 6.45) is -8.78. The minimum absolute atomic E-state index is 0.0238. The molecule has 4 rings (SSSR count). The van der Waals surface area contributed by atoms with Gasteiger partial charge in [-0.1, -0.05) is 11.8 Å². The minimum Gasteiger partial charge on any atom is -0.495 e. The summed E-state index contributed by atoms with van der Waals surface area (Å²) in [4.78, 5) is 31.0. The largest absolute Gasteiger partial charge is 0.495 e. The monoisotopic (exact) mass is 731 g/mol. The van der Waals surface area contributed by atoms with E-state index < -0.39 is 64.8 Å². The van der Waals surface area contributed by atoms with Crippen LogP contribution in [0.15, 0.2) is 41.6 Å². The molecule has 2 amide bonds. The highest BCUT2D eigenvalue weighted by atomic mass is 32.2. The van der Waals surface area contributed by atoms with Gasteiger partial charge in [0.25, 0.3) is 5.91 Å². The second kappa shape index (κ2) is 14.3. The van der Waals surface area contributed by atoms with Crippen molar-refractivity contribution < 1.29 is 53.8 Å². The molecule has 2 aromatic carbocycles. The minimum atomic E-state index is -4.82. The first-order valence-electron chi connectivity index (χ1n) is 15.1. The van der Waals surface area contributed by atoms with Crippen LogP contribution in [0.4, 0.5) is 36.8 Å². The van der Waals surface area contributed by atoms with Gasteiger partial charge in [-0.25, -0.2) is 18.2 Å². The lowest BCUT2D eigenvalue weighted by atomic mass is 9.91. The number of amides is 2. The SMILES string of the molecule is COc1cc(S(C)(=O)=O)ccc1NCC#Cc1cc(C(=O)NC2CCN(C(=O)OC(C)(C)C)CC2C(F)(F)F)c2ncn(CC(F)(F)F)c2c1. The van der Waals surface area contributed by atoms with E-state index >= 15 is 0 Å². The van der Waals surface area contributed by atoms with Crippen LogP contribution in [-0.4, -0.2) is 91.9 Å². The lowest BCUT2D eigenvalue weighted by Crippen LogP contribution is -2.57. The van der Waals surface area contributed by atoms with Crippen LogP contribution in [0, 0.1) is 17.8 Å². The molecule has 3 aromatic rings. The zero-order valence-corrected chi connectivity index (χ0v) is 28.4. The lowest BCUT2D eigenvalue weighted by molar-refractivity contribution is -0.191. The van der Waals surface area contributed by atoms with Crippen LogP contribution in [0.2, 0.25) is 0 Å². The van der Waals surface area contributed by atoms with Crippen LogP contribution >= 0.6 is 0 Å².